The summed E-state index contributed by atoms with van der Waals surface area (Å²) in [4.78, 5) is 11.2. The molecular weight excluding hydrogens is 228 g/mol. The van der Waals surface area contributed by atoms with Crippen LogP contribution in [-0.4, -0.2) is 21.8 Å². The van der Waals surface area contributed by atoms with Crippen molar-refractivity contribution in [2.45, 2.75) is 64.9 Å². The summed E-state index contributed by atoms with van der Waals surface area (Å²) in [6.07, 6.45) is 5.28. The van der Waals surface area contributed by atoms with E-state index in [1.165, 1.54) is 0 Å². The van der Waals surface area contributed by atoms with Gasteiger partial charge in [0.2, 0.25) is 0 Å². The van der Waals surface area contributed by atoms with Crippen LogP contribution in [0.4, 0.5) is 0 Å². The molecular formula is C15H26O3. The van der Waals surface area contributed by atoms with Gasteiger partial charge in [0.25, 0.3) is 0 Å². The number of aliphatic hydroxyl groups is 1. The molecule has 0 bridgehead atoms. The van der Waals surface area contributed by atoms with E-state index in [4.69, 9.17) is 0 Å². The molecule has 2 aliphatic carbocycles. The normalized spacial score (nSPS) is 43.9. The van der Waals surface area contributed by atoms with Crippen LogP contribution in [0.25, 0.3) is 0 Å². The molecule has 4 atom stereocenters. The van der Waals surface area contributed by atoms with Crippen LogP contribution in [0.5, 0.6) is 0 Å². The van der Waals surface area contributed by atoms with Gasteiger partial charge in [0.05, 0.1) is 11.5 Å². The Morgan fingerprint density at radius 3 is 2.44 bits per heavy atom. The van der Waals surface area contributed by atoms with E-state index in [0.29, 0.717) is 5.92 Å². The van der Waals surface area contributed by atoms with Crippen molar-refractivity contribution in [3.63, 3.8) is 0 Å². The smallest absolute Gasteiger partial charge is 0.306 e. The molecule has 0 unspecified atom stereocenters. The van der Waals surface area contributed by atoms with E-state index < -0.39 is 11.6 Å². The standard InChI is InChI=1S/C15H26O3/c1-14(2)6-7-15(3,18)12-5-4-10(13(16)17)8-11(12)9-14/h10-12,18H,4-9H2,1-3H3,(H,16,17)/t10-,11+,12+,15+/m1/s1. The highest BCUT2D eigenvalue weighted by molar-refractivity contribution is 5.70. The molecule has 0 spiro atoms. The minimum atomic E-state index is -0.657. The highest BCUT2D eigenvalue weighted by Crippen LogP contribution is 2.50. The summed E-state index contributed by atoms with van der Waals surface area (Å²) in [7, 11) is 0. The van der Waals surface area contributed by atoms with Crippen molar-refractivity contribution in [3.8, 4) is 0 Å². The van der Waals surface area contributed by atoms with Crippen LogP contribution in [0.2, 0.25) is 0 Å². The number of hydrogen-bond acceptors (Lipinski definition) is 2. The molecule has 0 aromatic rings. The van der Waals surface area contributed by atoms with E-state index in [0.717, 1.165) is 38.5 Å². The number of aliphatic carboxylic acids is 1. The minimum absolute atomic E-state index is 0.198. The monoisotopic (exact) mass is 254 g/mol. The predicted molar refractivity (Wildman–Crippen MR) is 70.2 cm³/mol. The Bertz CT molecular complexity index is 333. The van der Waals surface area contributed by atoms with Gasteiger partial charge in [0.15, 0.2) is 0 Å². The van der Waals surface area contributed by atoms with Crippen molar-refractivity contribution in [2.24, 2.45) is 23.2 Å². The second-order valence-electron chi connectivity index (χ2n) is 7.44. The lowest BCUT2D eigenvalue weighted by Crippen LogP contribution is -2.42. The first kappa shape index (κ1) is 13.9. The highest BCUT2D eigenvalue weighted by Gasteiger charge is 2.47. The second kappa shape index (κ2) is 4.52. The van der Waals surface area contributed by atoms with Crippen LogP contribution in [0, 0.1) is 23.2 Å². The summed E-state index contributed by atoms with van der Waals surface area (Å²) in [5.41, 5.74) is -0.383. The molecule has 0 aromatic carbocycles. The number of fused-ring (bicyclic) bond motifs is 1. The molecule has 2 rings (SSSR count). The second-order valence-corrected chi connectivity index (χ2v) is 7.44. The maximum absolute atomic E-state index is 11.2. The van der Waals surface area contributed by atoms with E-state index in [9.17, 15) is 15.0 Å². The summed E-state index contributed by atoms with van der Waals surface area (Å²) < 4.78 is 0. The van der Waals surface area contributed by atoms with Crippen molar-refractivity contribution < 1.29 is 15.0 Å². The van der Waals surface area contributed by atoms with Gasteiger partial charge in [-0.3, -0.25) is 4.79 Å². The highest BCUT2D eigenvalue weighted by atomic mass is 16.4. The van der Waals surface area contributed by atoms with Gasteiger partial charge in [-0.15, -0.1) is 0 Å². The SMILES string of the molecule is CC1(C)CC[C@](C)(O)[C@H]2CC[C@@H](C(=O)O)C[C@H]2C1. The molecule has 2 N–H and O–H groups in total. The third kappa shape index (κ3) is 2.71. The fraction of sp³-hybridized carbons (Fsp3) is 0.933. The molecule has 0 heterocycles. The molecule has 0 radical (unpaired) electrons. The van der Waals surface area contributed by atoms with E-state index >= 15 is 0 Å². The molecule has 0 saturated heterocycles. The lowest BCUT2D eigenvalue weighted by atomic mass is 9.65. The van der Waals surface area contributed by atoms with E-state index in [1.54, 1.807) is 0 Å². The number of hydrogen-bond donors (Lipinski definition) is 2. The lowest BCUT2D eigenvalue weighted by molar-refractivity contribution is -0.145. The first-order valence-corrected chi connectivity index (χ1v) is 7.16. The Kier molecular flexibility index (Phi) is 3.48. The summed E-state index contributed by atoms with van der Waals surface area (Å²) >= 11 is 0. The quantitative estimate of drug-likeness (QED) is 0.756. The van der Waals surface area contributed by atoms with Crippen molar-refractivity contribution in [2.75, 3.05) is 0 Å². The van der Waals surface area contributed by atoms with Gasteiger partial charge in [0.1, 0.15) is 0 Å². The van der Waals surface area contributed by atoms with Gasteiger partial charge in [-0.05, 0) is 62.7 Å². The molecule has 0 aliphatic heterocycles. The van der Waals surface area contributed by atoms with Crippen LogP contribution >= 0.6 is 0 Å². The Balaban J connectivity index is 2.20. The zero-order valence-electron chi connectivity index (χ0n) is 11.8. The van der Waals surface area contributed by atoms with Crippen LogP contribution in [0.3, 0.4) is 0 Å². The Morgan fingerprint density at radius 2 is 1.83 bits per heavy atom. The van der Waals surface area contributed by atoms with Gasteiger partial charge < -0.3 is 10.2 Å². The average molecular weight is 254 g/mol. The topological polar surface area (TPSA) is 57.5 Å². The third-order valence-corrected chi connectivity index (χ3v) is 5.25. The van der Waals surface area contributed by atoms with Gasteiger partial charge in [-0.1, -0.05) is 13.8 Å². The largest absolute Gasteiger partial charge is 0.481 e. The van der Waals surface area contributed by atoms with Crippen LogP contribution < -0.4 is 0 Å². The first-order valence-electron chi connectivity index (χ1n) is 7.16. The number of carboxylic acid groups (broad SMARTS) is 1. The Morgan fingerprint density at radius 1 is 1.17 bits per heavy atom. The summed E-state index contributed by atoms with van der Waals surface area (Å²) in [6.45, 7) is 6.44. The van der Waals surface area contributed by atoms with Gasteiger partial charge in [-0.25, -0.2) is 0 Å². The van der Waals surface area contributed by atoms with Gasteiger partial charge >= 0.3 is 5.97 Å². The van der Waals surface area contributed by atoms with Crippen molar-refractivity contribution >= 4 is 5.97 Å². The maximum Gasteiger partial charge on any atom is 0.306 e. The zero-order chi connectivity index (χ0) is 13.6. The fourth-order valence-electron chi connectivity index (χ4n) is 4.12. The van der Waals surface area contributed by atoms with Crippen molar-refractivity contribution in [1.29, 1.82) is 0 Å². The number of rotatable bonds is 1. The Labute approximate surface area is 110 Å². The van der Waals surface area contributed by atoms with Crippen molar-refractivity contribution in [1.82, 2.24) is 0 Å². The molecule has 2 saturated carbocycles. The predicted octanol–water partition coefficient (Wildman–Crippen LogP) is 3.06. The van der Waals surface area contributed by atoms with Crippen LogP contribution in [-0.2, 0) is 4.79 Å². The minimum Gasteiger partial charge on any atom is -0.481 e. The Hall–Kier alpha value is -0.570. The lowest BCUT2D eigenvalue weighted by Gasteiger charge is -2.41. The summed E-state index contributed by atoms with van der Waals surface area (Å²) in [6, 6.07) is 0. The maximum atomic E-state index is 11.2. The van der Waals surface area contributed by atoms with E-state index in [1.807, 2.05) is 6.92 Å². The zero-order valence-corrected chi connectivity index (χ0v) is 11.8. The number of carbonyl (C=O) groups is 1. The summed E-state index contributed by atoms with van der Waals surface area (Å²) in [5.74, 6) is -0.201. The molecule has 3 heteroatoms. The fourth-order valence-corrected chi connectivity index (χ4v) is 4.12. The van der Waals surface area contributed by atoms with Crippen LogP contribution in [0.15, 0.2) is 0 Å². The first-order chi connectivity index (χ1) is 8.21. The molecule has 104 valence electrons. The number of carboxylic acids is 1. The average Bonchev–Trinajstić information content (AvgIpc) is 2.34. The molecule has 3 nitrogen and oxygen atoms in total. The van der Waals surface area contributed by atoms with E-state index in [2.05, 4.69) is 13.8 Å². The van der Waals surface area contributed by atoms with Crippen molar-refractivity contribution in [3.05, 3.63) is 0 Å². The molecule has 18 heavy (non-hydrogen) atoms. The molecule has 0 aromatic heterocycles. The molecule has 2 fully saturated rings. The van der Waals surface area contributed by atoms with Gasteiger partial charge in [-0.2, -0.15) is 0 Å². The van der Waals surface area contributed by atoms with Crippen LogP contribution in [0.1, 0.15) is 59.3 Å². The molecule has 0 amide bonds. The molecule has 2 aliphatic rings. The van der Waals surface area contributed by atoms with Gasteiger partial charge in [0, 0.05) is 0 Å². The summed E-state index contributed by atoms with van der Waals surface area (Å²) in [5, 5.41) is 19.9. The van der Waals surface area contributed by atoms with E-state index in [-0.39, 0.29) is 17.3 Å². The third-order valence-electron chi connectivity index (χ3n) is 5.25.